The summed E-state index contributed by atoms with van der Waals surface area (Å²) in [7, 11) is 3.66. The van der Waals surface area contributed by atoms with E-state index < -0.39 is 0 Å². The van der Waals surface area contributed by atoms with Crippen LogP contribution in [-0.4, -0.2) is 41.0 Å². The fourth-order valence-corrected chi connectivity index (χ4v) is 2.32. The summed E-state index contributed by atoms with van der Waals surface area (Å²) in [5, 5.41) is 14.6. The molecule has 1 aromatic heterocycles. The Morgan fingerprint density at radius 1 is 1.25 bits per heavy atom. The zero-order valence-electron chi connectivity index (χ0n) is 14.2. The Balaban J connectivity index is 1.65. The number of benzene rings is 1. The first-order valence-electron chi connectivity index (χ1n) is 7.89. The zero-order chi connectivity index (χ0) is 16.9. The van der Waals surface area contributed by atoms with Gasteiger partial charge in [0.25, 0.3) is 0 Å². The van der Waals surface area contributed by atoms with Gasteiger partial charge in [-0.25, -0.2) is 0 Å². The molecule has 2 N–H and O–H groups in total. The quantitative estimate of drug-likeness (QED) is 0.655. The molecule has 0 saturated carbocycles. The summed E-state index contributed by atoms with van der Waals surface area (Å²) in [6.07, 6.45) is 0.887. The monoisotopic (exact) mass is 330 g/mol. The maximum atomic E-state index is 5.71. The number of aromatic nitrogens is 3. The smallest absolute Gasteiger partial charge is 0.195 e. The van der Waals surface area contributed by atoms with Gasteiger partial charge in [-0.05, 0) is 19.1 Å². The van der Waals surface area contributed by atoms with E-state index >= 15 is 0 Å². The average Bonchev–Trinajstić information content (AvgIpc) is 2.79. The molecule has 2 heterocycles. The molecule has 1 aliphatic heterocycles. The molecule has 0 saturated heterocycles. The number of nitrogens with one attached hydrogen (secondary N) is 2. The van der Waals surface area contributed by atoms with E-state index in [4.69, 9.17) is 9.47 Å². The van der Waals surface area contributed by atoms with Crippen LogP contribution in [0, 0.1) is 6.92 Å². The summed E-state index contributed by atoms with van der Waals surface area (Å²) in [6, 6.07) is 5.76. The first kappa shape index (κ1) is 16.1. The first-order valence-corrected chi connectivity index (χ1v) is 7.89. The van der Waals surface area contributed by atoms with E-state index in [-0.39, 0.29) is 0 Å². The molecule has 0 amide bonds. The minimum atomic E-state index is 0.529. The second kappa shape index (κ2) is 7.20. The normalized spacial score (nSPS) is 14.2. The van der Waals surface area contributed by atoms with Crippen LogP contribution < -0.4 is 20.1 Å². The average molecular weight is 330 g/mol. The summed E-state index contributed by atoms with van der Waals surface area (Å²) in [5.41, 5.74) is 0.876. The molecule has 2 aromatic rings. The molecule has 0 radical (unpaired) electrons. The summed E-state index contributed by atoms with van der Waals surface area (Å²) >= 11 is 0. The highest BCUT2D eigenvalue weighted by Gasteiger charge is 2.12. The van der Waals surface area contributed by atoms with Gasteiger partial charge in [-0.3, -0.25) is 4.99 Å². The highest BCUT2D eigenvalue weighted by Crippen LogP contribution is 2.32. The van der Waals surface area contributed by atoms with Crippen molar-refractivity contribution in [2.45, 2.75) is 19.9 Å². The second-order valence-corrected chi connectivity index (χ2v) is 5.49. The van der Waals surface area contributed by atoms with Crippen molar-refractivity contribution >= 4 is 11.6 Å². The fourth-order valence-electron chi connectivity index (χ4n) is 2.32. The maximum Gasteiger partial charge on any atom is 0.195 e. The lowest BCUT2D eigenvalue weighted by molar-refractivity contribution is 0.297. The molecule has 3 rings (SSSR count). The van der Waals surface area contributed by atoms with Gasteiger partial charge in [0, 0.05) is 32.3 Å². The number of anilines is 1. The van der Waals surface area contributed by atoms with Crippen molar-refractivity contribution in [3.05, 3.63) is 29.8 Å². The van der Waals surface area contributed by atoms with Crippen molar-refractivity contribution in [2.75, 3.05) is 25.6 Å². The van der Waals surface area contributed by atoms with Crippen LogP contribution in [0.4, 0.5) is 5.69 Å². The molecule has 0 fully saturated rings. The number of nitrogens with zero attached hydrogens (tertiary/aromatic N) is 4. The summed E-state index contributed by atoms with van der Waals surface area (Å²) in [4.78, 5) is 4.23. The van der Waals surface area contributed by atoms with Crippen LogP contribution in [0.3, 0.4) is 0 Å². The molecule has 0 unspecified atom stereocenters. The summed E-state index contributed by atoms with van der Waals surface area (Å²) in [5.74, 6) is 3.88. The lowest BCUT2D eigenvalue weighted by Crippen LogP contribution is -2.31. The molecule has 8 heteroatoms. The third kappa shape index (κ3) is 3.58. The van der Waals surface area contributed by atoms with E-state index in [2.05, 4.69) is 25.8 Å². The topological polar surface area (TPSA) is 85.6 Å². The summed E-state index contributed by atoms with van der Waals surface area (Å²) < 4.78 is 13.3. The summed E-state index contributed by atoms with van der Waals surface area (Å²) in [6.45, 7) is 3.79. The molecule has 0 atom stereocenters. The second-order valence-electron chi connectivity index (χ2n) is 5.49. The Morgan fingerprint density at radius 3 is 2.75 bits per heavy atom. The third-order valence-electron chi connectivity index (χ3n) is 3.83. The number of hydrogen-bond acceptors (Lipinski definition) is 5. The highest BCUT2D eigenvalue weighted by atomic mass is 16.5. The molecular weight excluding hydrogens is 308 g/mol. The number of rotatable bonds is 3. The first-order chi connectivity index (χ1) is 11.7. The Kier molecular flexibility index (Phi) is 4.83. The van der Waals surface area contributed by atoms with Crippen LogP contribution in [0.15, 0.2) is 23.2 Å². The van der Waals surface area contributed by atoms with Crippen LogP contribution >= 0.6 is 0 Å². The Morgan fingerprint density at radius 2 is 2.04 bits per heavy atom. The van der Waals surface area contributed by atoms with Crippen molar-refractivity contribution in [1.29, 1.82) is 0 Å². The number of aryl methyl sites for hydroxylation is 1. The lowest BCUT2D eigenvalue weighted by atomic mass is 10.3. The molecule has 0 spiro atoms. The highest BCUT2D eigenvalue weighted by molar-refractivity contribution is 5.93. The van der Waals surface area contributed by atoms with Crippen LogP contribution in [0.5, 0.6) is 11.5 Å². The lowest BCUT2D eigenvalue weighted by Gasteiger charge is -2.13. The minimum Gasteiger partial charge on any atom is -0.490 e. The molecular formula is C16H22N6O2. The van der Waals surface area contributed by atoms with Crippen molar-refractivity contribution in [2.24, 2.45) is 12.0 Å². The number of ether oxygens (including phenoxy) is 2. The van der Waals surface area contributed by atoms with Crippen LogP contribution in [0.1, 0.15) is 18.1 Å². The number of aliphatic imine (C=N–C) groups is 1. The molecule has 1 aliphatic rings. The Labute approximate surface area is 140 Å². The van der Waals surface area contributed by atoms with Gasteiger partial charge >= 0.3 is 0 Å². The Bertz CT molecular complexity index is 740. The van der Waals surface area contributed by atoms with Crippen LogP contribution in [-0.2, 0) is 13.6 Å². The minimum absolute atomic E-state index is 0.529. The predicted octanol–water partition coefficient (Wildman–Crippen LogP) is 1.47. The van der Waals surface area contributed by atoms with E-state index in [9.17, 15) is 0 Å². The number of guanidine groups is 1. The van der Waals surface area contributed by atoms with Crippen molar-refractivity contribution in [3.8, 4) is 11.5 Å². The van der Waals surface area contributed by atoms with Gasteiger partial charge in [-0.1, -0.05) is 0 Å². The fraction of sp³-hybridized carbons (Fsp3) is 0.438. The predicted molar refractivity (Wildman–Crippen MR) is 91.6 cm³/mol. The molecule has 0 aliphatic carbocycles. The maximum absolute atomic E-state index is 5.71. The van der Waals surface area contributed by atoms with Crippen molar-refractivity contribution in [3.63, 3.8) is 0 Å². The van der Waals surface area contributed by atoms with E-state index in [0.717, 1.165) is 35.3 Å². The third-order valence-corrected chi connectivity index (χ3v) is 3.83. The van der Waals surface area contributed by atoms with Crippen LogP contribution in [0.25, 0.3) is 0 Å². The SMILES string of the molecule is CN=C(NCc1nnc(C)n1C)Nc1ccc2c(c1)OCCCO2. The number of fused-ring (bicyclic) bond motifs is 1. The molecule has 8 nitrogen and oxygen atoms in total. The molecule has 0 bridgehead atoms. The van der Waals surface area contributed by atoms with Crippen molar-refractivity contribution < 1.29 is 9.47 Å². The number of hydrogen-bond donors (Lipinski definition) is 2. The van der Waals surface area contributed by atoms with Gasteiger partial charge in [0.2, 0.25) is 0 Å². The van der Waals surface area contributed by atoms with Gasteiger partial charge in [-0.2, -0.15) is 0 Å². The largest absolute Gasteiger partial charge is 0.490 e. The van der Waals surface area contributed by atoms with Gasteiger partial charge in [0.05, 0.1) is 19.8 Å². The van der Waals surface area contributed by atoms with Crippen molar-refractivity contribution in [1.82, 2.24) is 20.1 Å². The van der Waals surface area contributed by atoms with Gasteiger partial charge < -0.3 is 24.7 Å². The van der Waals surface area contributed by atoms with Gasteiger partial charge in [-0.15, -0.1) is 10.2 Å². The zero-order valence-corrected chi connectivity index (χ0v) is 14.2. The molecule has 128 valence electrons. The Hall–Kier alpha value is -2.77. The van der Waals surface area contributed by atoms with E-state index in [1.807, 2.05) is 36.7 Å². The van der Waals surface area contributed by atoms with Gasteiger partial charge in [0.1, 0.15) is 5.82 Å². The van der Waals surface area contributed by atoms with Crippen LogP contribution in [0.2, 0.25) is 0 Å². The molecule has 24 heavy (non-hydrogen) atoms. The van der Waals surface area contributed by atoms with E-state index in [0.29, 0.717) is 25.7 Å². The standard InChI is InChI=1S/C16H22N6O2/c1-11-20-21-15(22(11)3)10-18-16(17-2)19-12-5-6-13-14(9-12)24-8-4-7-23-13/h5-6,9H,4,7-8,10H2,1-3H3,(H2,17,18,19). The van der Waals surface area contributed by atoms with E-state index in [1.165, 1.54) is 0 Å². The van der Waals surface area contributed by atoms with Gasteiger partial charge in [0.15, 0.2) is 23.3 Å². The molecule has 1 aromatic carbocycles. The van der Waals surface area contributed by atoms with E-state index in [1.54, 1.807) is 7.05 Å².